The molecule has 0 radical (unpaired) electrons. The topological polar surface area (TPSA) is 121 Å². The molecule has 0 spiro atoms. The Balaban J connectivity index is 2.07. The van der Waals surface area contributed by atoms with Gasteiger partial charge in [0.2, 0.25) is 0 Å². The SMILES string of the molecule is Nc1ccccc1C(=O)c1c(N)c(N)c(-c2ccccc2)c(-c2ccccc2)c1N. The van der Waals surface area contributed by atoms with Gasteiger partial charge in [0, 0.05) is 22.4 Å². The average molecular weight is 394 g/mol. The lowest BCUT2D eigenvalue weighted by Gasteiger charge is -2.21. The number of carbonyl (C=O) groups is 1. The van der Waals surface area contributed by atoms with Crippen LogP contribution >= 0.6 is 0 Å². The van der Waals surface area contributed by atoms with Gasteiger partial charge in [-0.25, -0.2) is 0 Å². The minimum absolute atomic E-state index is 0.152. The van der Waals surface area contributed by atoms with Crippen LogP contribution in [0.3, 0.4) is 0 Å². The molecule has 5 nitrogen and oxygen atoms in total. The van der Waals surface area contributed by atoms with Gasteiger partial charge in [-0.2, -0.15) is 0 Å². The highest BCUT2D eigenvalue weighted by Crippen LogP contribution is 2.46. The highest BCUT2D eigenvalue weighted by molar-refractivity contribution is 6.22. The standard InChI is InChI=1S/C25H22N4O/c26-18-14-8-7-13-17(18)25(30)21-22(27)19(15-9-3-1-4-10-15)20(23(28)24(21)29)16-11-5-2-6-12-16/h1-14H,26-29H2. The first kappa shape index (κ1) is 19.1. The first-order valence-electron chi connectivity index (χ1n) is 9.51. The van der Waals surface area contributed by atoms with Gasteiger partial charge >= 0.3 is 0 Å². The number of benzene rings is 4. The molecule has 4 aromatic rings. The maximum Gasteiger partial charge on any atom is 0.199 e. The second-order valence-electron chi connectivity index (χ2n) is 7.01. The smallest absolute Gasteiger partial charge is 0.199 e. The summed E-state index contributed by atoms with van der Waals surface area (Å²) in [6.07, 6.45) is 0. The number of hydrogen-bond acceptors (Lipinski definition) is 5. The quantitative estimate of drug-likeness (QED) is 0.298. The molecular weight excluding hydrogens is 372 g/mol. The van der Waals surface area contributed by atoms with Crippen molar-refractivity contribution in [3.05, 3.63) is 96.1 Å². The zero-order valence-electron chi connectivity index (χ0n) is 16.3. The number of ketones is 1. The van der Waals surface area contributed by atoms with Crippen LogP contribution in [-0.4, -0.2) is 5.78 Å². The van der Waals surface area contributed by atoms with E-state index in [1.54, 1.807) is 24.3 Å². The summed E-state index contributed by atoms with van der Waals surface area (Å²) in [5.74, 6) is -0.355. The summed E-state index contributed by atoms with van der Waals surface area (Å²) in [6, 6.07) is 26.1. The summed E-state index contributed by atoms with van der Waals surface area (Å²) in [5.41, 5.74) is 30.2. The number of rotatable bonds is 4. The summed E-state index contributed by atoms with van der Waals surface area (Å²) < 4.78 is 0. The van der Waals surface area contributed by atoms with Crippen molar-refractivity contribution in [1.29, 1.82) is 0 Å². The van der Waals surface area contributed by atoms with Gasteiger partial charge in [-0.15, -0.1) is 0 Å². The van der Waals surface area contributed by atoms with Gasteiger partial charge < -0.3 is 22.9 Å². The predicted octanol–water partition coefficient (Wildman–Crippen LogP) is 4.58. The van der Waals surface area contributed by atoms with Crippen LogP contribution < -0.4 is 22.9 Å². The van der Waals surface area contributed by atoms with Gasteiger partial charge in [-0.3, -0.25) is 4.79 Å². The summed E-state index contributed by atoms with van der Waals surface area (Å²) >= 11 is 0. The molecule has 0 unspecified atom stereocenters. The molecule has 4 aromatic carbocycles. The lowest BCUT2D eigenvalue weighted by Crippen LogP contribution is -2.15. The Labute approximate surface area is 174 Å². The van der Waals surface area contributed by atoms with Crippen molar-refractivity contribution in [2.24, 2.45) is 0 Å². The summed E-state index contributed by atoms with van der Waals surface area (Å²) in [7, 11) is 0. The molecule has 0 fully saturated rings. The monoisotopic (exact) mass is 394 g/mol. The molecule has 0 heterocycles. The minimum Gasteiger partial charge on any atom is -0.398 e. The van der Waals surface area contributed by atoms with Crippen molar-refractivity contribution >= 4 is 28.5 Å². The van der Waals surface area contributed by atoms with Crippen molar-refractivity contribution in [2.45, 2.75) is 0 Å². The number of para-hydroxylation sites is 1. The molecule has 0 amide bonds. The van der Waals surface area contributed by atoms with Gasteiger partial charge in [0.05, 0.1) is 22.6 Å². The third kappa shape index (κ3) is 3.12. The molecule has 0 aliphatic carbocycles. The van der Waals surface area contributed by atoms with Gasteiger partial charge in [0.25, 0.3) is 0 Å². The molecule has 0 aromatic heterocycles. The Morgan fingerprint density at radius 2 is 1.00 bits per heavy atom. The van der Waals surface area contributed by atoms with Crippen molar-refractivity contribution in [3.8, 4) is 22.3 Å². The van der Waals surface area contributed by atoms with E-state index in [1.807, 2.05) is 60.7 Å². The molecule has 148 valence electrons. The van der Waals surface area contributed by atoms with Crippen LogP contribution in [-0.2, 0) is 0 Å². The number of hydrogen-bond donors (Lipinski definition) is 4. The van der Waals surface area contributed by atoms with Crippen LogP contribution in [0.5, 0.6) is 0 Å². The lowest BCUT2D eigenvalue weighted by atomic mass is 9.86. The Bertz CT molecular complexity index is 1240. The normalized spacial score (nSPS) is 10.7. The van der Waals surface area contributed by atoms with E-state index in [9.17, 15) is 4.79 Å². The molecule has 0 saturated carbocycles. The fraction of sp³-hybridized carbons (Fsp3) is 0. The fourth-order valence-corrected chi connectivity index (χ4v) is 3.70. The molecule has 8 N–H and O–H groups in total. The first-order valence-corrected chi connectivity index (χ1v) is 9.51. The number of carbonyl (C=O) groups excluding carboxylic acids is 1. The highest BCUT2D eigenvalue weighted by Gasteiger charge is 2.26. The van der Waals surface area contributed by atoms with Gasteiger partial charge in [-0.1, -0.05) is 72.8 Å². The van der Waals surface area contributed by atoms with E-state index in [0.29, 0.717) is 28.1 Å². The number of nitrogen functional groups attached to an aromatic ring is 4. The fourth-order valence-electron chi connectivity index (χ4n) is 3.70. The molecule has 0 saturated heterocycles. The Kier molecular flexibility index (Phi) is 4.86. The van der Waals surface area contributed by atoms with Crippen molar-refractivity contribution in [1.82, 2.24) is 0 Å². The van der Waals surface area contributed by atoms with Gasteiger partial charge in [-0.05, 0) is 23.3 Å². The third-order valence-electron chi connectivity index (χ3n) is 5.17. The van der Waals surface area contributed by atoms with E-state index in [0.717, 1.165) is 11.1 Å². The third-order valence-corrected chi connectivity index (χ3v) is 5.17. The predicted molar refractivity (Wildman–Crippen MR) is 125 cm³/mol. The van der Waals surface area contributed by atoms with E-state index >= 15 is 0 Å². The average Bonchev–Trinajstić information content (AvgIpc) is 2.77. The maximum atomic E-state index is 13.4. The minimum atomic E-state index is -0.355. The van der Waals surface area contributed by atoms with Crippen molar-refractivity contribution in [3.63, 3.8) is 0 Å². The van der Waals surface area contributed by atoms with E-state index in [1.165, 1.54) is 0 Å². The molecule has 5 heteroatoms. The van der Waals surface area contributed by atoms with Crippen molar-refractivity contribution in [2.75, 3.05) is 22.9 Å². The van der Waals surface area contributed by atoms with Gasteiger partial charge in [0.15, 0.2) is 5.78 Å². The largest absolute Gasteiger partial charge is 0.398 e. The second kappa shape index (κ2) is 7.64. The molecule has 0 aliphatic rings. The van der Waals surface area contributed by atoms with Crippen LogP contribution in [0.25, 0.3) is 22.3 Å². The van der Waals surface area contributed by atoms with Gasteiger partial charge in [0.1, 0.15) is 0 Å². The Morgan fingerprint density at radius 1 is 0.533 bits per heavy atom. The van der Waals surface area contributed by atoms with Crippen LogP contribution in [0, 0.1) is 0 Å². The molecule has 0 atom stereocenters. The summed E-state index contributed by atoms with van der Waals surface area (Å²) in [5, 5.41) is 0. The summed E-state index contributed by atoms with van der Waals surface area (Å²) in [4.78, 5) is 13.4. The summed E-state index contributed by atoms with van der Waals surface area (Å²) in [6.45, 7) is 0. The number of nitrogens with two attached hydrogens (primary N) is 4. The van der Waals surface area contributed by atoms with Crippen LogP contribution in [0.15, 0.2) is 84.9 Å². The number of anilines is 4. The zero-order chi connectivity index (χ0) is 21.3. The molecule has 30 heavy (non-hydrogen) atoms. The van der Waals surface area contributed by atoms with Crippen LogP contribution in [0.1, 0.15) is 15.9 Å². The Morgan fingerprint density at radius 3 is 1.53 bits per heavy atom. The lowest BCUT2D eigenvalue weighted by molar-refractivity contribution is 0.104. The zero-order valence-corrected chi connectivity index (χ0v) is 16.3. The van der Waals surface area contributed by atoms with E-state index < -0.39 is 0 Å². The van der Waals surface area contributed by atoms with E-state index in [2.05, 4.69) is 0 Å². The Hall–Kier alpha value is -4.25. The highest BCUT2D eigenvalue weighted by atomic mass is 16.1. The molecule has 0 aliphatic heterocycles. The van der Waals surface area contributed by atoms with Crippen molar-refractivity contribution < 1.29 is 4.79 Å². The molecule has 4 rings (SSSR count). The molecule has 0 bridgehead atoms. The first-order chi connectivity index (χ1) is 14.5. The second-order valence-corrected chi connectivity index (χ2v) is 7.01. The van der Waals surface area contributed by atoms with Crippen LogP contribution in [0.4, 0.5) is 22.7 Å². The maximum absolute atomic E-state index is 13.4. The van der Waals surface area contributed by atoms with E-state index in [4.69, 9.17) is 22.9 Å². The molecular formula is C25H22N4O. The van der Waals surface area contributed by atoms with E-state index in [-0.39, 0.29) is 22.7 Å². The van der Waals surface area contributed by atoms with Crippen LogP contribution in [0.2, 0.25) is 0 Å².